The molecule has 5 atom stereocenters. The highest BCUT2D eigenvalue weighted by Crippen LogP contribution is 2.44. The number of nitrogens with zero attached hydrogens (tertiary/aromatic N) is 2. The summed E-state index contributed by atoms with van der Waals surface area (Å²) >= 11 is 0. The van der Waals surface area contributed by atoms with Crippen LogP contribution in [0.25, 0.3) is 0 Å². The Bertz CT molecular complexity index is 1350. The summed E-state index contributed by atoms with van der Waals surface area (Å²) in [6.07, 6.45) is 0.370. The third-order valence-corrected chi connectivity index (χ3v) is 8.38. The molecule has 11 nitrogen and oxygen atoms in total. The Balaban J connectivity index is 1.75. The summed E-state index contributed by atoms with van der Waals surface area (Å²) in [5, 5.41) is 34.1. The molecule has 222 valence electrons. The Morgan fingerprint density at radius 2 is 1.98 bits per heavy atom. The standard InChI is InChI=1S/C28H35F2N5O6/c1-13-9-19(36)21-15(17(30)10-18(24(21)38)33-20(37)12-35-8-7-14(29)11-35)5-4-6-16-23(34(2)3)25(39)22(27(32)40)26(31)28(13,16)41/h9-10,14,16,22-23,31,38,41H,4-8,11-12H2,1-3H3,(H2,32,40)(H,33,37). The van der Waals surface area contributed by atoms with E-state index in [2.05, 4.69) is 5.32 Å². The van der Waals surface area contributed by atoms with E-state index >= 15 is 4.39 Å². The predicted octanol–water partition coefficient (Wildman–Crippen LogP) is 0.960. The van der Waals surface area contributed by atoms with Gasteiger partial charge in [-0.1, -0.05) is 0 Å². The number of carbonyl (C=O) groups is 4. The molecule has 1 aromatic rings. The first kappa shape index (κ1) is 30.4. The van der Waals surface area contributed by atoms with Gasteiger partial charge in [-0.25, -0.2) is 8.78 Å². The second-order valence-electron chi connectivity index (χ2n) is 11.3. The Morgan fingerprint density at radius 3 is 2.56 bits per heavy atom. The lowest BCUT2D eigenvalue weighted by Crippen LogP contribution is -2.67. The number of likely N-dealkylation sites (N-methyl/N-ethyl adjacent to an activating group) is 1. The molecule has 0 aromatic heterocycles. The molecule has 1 saturated heterocycles. The Kier molecular flexibility index (Phi) is 8.44. The molecule has 2 amide bonds. The van der Waals surface area contributed by atoms with Crippen molar-refractivity contribution in [2.24, 2.45) is 17.6 Å². The Hall–Kier alpha value is -3.55. The van der Waals surface area contributed by atoms with Gasteiger partial charge in [-0.05, 0) is 58.4 Å². The van der Waals surface area contributed by atoms with Gasteiger partial charge in [-0.3, -0.25) is 29.0 Å². The highest BCUT2D eigenvalue weighted by Gasteiger charge is 2.59. The van der Waals surface area contributed by atoms with Crippen LogP contribution >= 0.6 is 0 Å². The number of fused-ring (bicyclic) bond motifs is 2. The molecule has 1 aromatic carbocycles. The Labute approximate surface area is 235 Å². The normalized spacial score (nSPS) is 29.1. The topological polar surface area (TPSA) is 177 Å². The van der Waals surface area contributed by atoms with E-state index in [0.717, 1.165) is 12.1 Å². The van der Waals surface area contributed by atoms with Crippen LogP contribution in [-0.2, 0) is 20.8 Å². The third kappa shape index (κ3) is 5.41. The van der Waals surface area contributed by atoms with Crippen molar-refractivity contribution in [3.63, 3.8) is 0 Å². The molecule has 6 N–H and O–H groups in total. The number of Topliss-reactive ketones (excluding diaryl/α,β-unsaturated/α-hetero) is 1. The Morgan fingerprint density at radius 1 is 1.29 bits per heavy atom. The monoisotopic (exact) mass is 575 g/mol. The van der Waals surface area contributed by atoms with E-state index in [9.17, 15) is 33.8 Å². The van der Waals surface area contributed by atoms with E-state index in [0.29, 0.717) is 13.0 Å². The number of ketones is 2. The number of aliphatic hydroxyl groups is 1. The molecule has 1 aliphatic heterocycles. The number of likely N-dealkylation sites (tertiary alicyclic amines) is 1. The molecule has 0 radical (unpaired) electrons. The van der Waals surface area contributed by atoms with Crippen LogP contribution in [0.4, 0.5) is 14.5 Å². The number of phenolic OH excluding ortho intramolecular Hbond substituents is 1. The predicted molar refractivity (Wildman–Crippen MR) is 145 cm³/mol. The van der Waals surface area contributed by atoms with Gasteiger partial charge in [0, 0.05) is 30.6 Å². The van der Waals surface area contributed by atoms with Crippen LogP contribution in [0.2, 0.25) is 0 Å². The van der Waals surface area contributed by atoms with Crippen LogP contribution in [-0.4, -0.2) is 101 Å². The molecule has 3 aliphatic rings. The van der Waals surface area contributed by atoms with E-state index in [4.69, 9.17) is 11.1 Å². The number of anilines is 1. The molecule has 1 heterocycles. The van der Waals surface area contributed by atoms with Crippen LogP contribution < -0.4 is 11.1 Å². The van der Waals surface area contributed by atoms with Crippen LogP contribution in [0.1, 0.15) is 42.1 Å². The van der Waals surface area contributed by atoms with Gasteiger partial charge in [0.15, 0.2) is 17.3 Å². The number of primary amides is 1. The van der Waals surface area contributed by atoms with Crippen LogP contribution in [0.15, 0.2) is 17.7 Å². The maximum atomic E-state index is 15.4. The largest absolute Gasteiger partial charge is 0.505 e. The van der Waals surface area contributed by atoms with Crippen molar-refractivity contribution in [2.45, 2.75) is 50.4 Å². The fourth-order valence-electron chi connectivity index (χ4n) is 6.41. The molecule has 5 unspecified atom stereocenters. The van der Waals surface area contributed by atoms with Crippen molar-refractivity contribution < 1.29 is 38.2 Å². The average Bonchev–Trinajstić information content (AvgIpc) is 3.27. The molecule has 13 heteroatoms. The third-order valence-electron chi connectivity index (χ3n) is 8.38. The van der Waals surface area contributed by atoms with Crippen LogP contribution in [0.5, 0.6) is 5.75 Å². The first-order chi connectivity index (χ1) is 19.2. The molecular formula is C28H35F2N5O6. The second kappa shape index (κ2) is 11.4. The van der Waals surface area contributed by atoms with E-state index in [-0.39, 0.29) is 49.2 Å². The first-order valence-electron chi connectivity index (χ1n) is 13.4. The number of nitrogens with two attached hydrogens (primary N) is 1. The second-order valence-corrected chi connectivity index (χ2v) is 11.3. The molecule has 41 heavy (non-hydrogen) atoms. The zero-order valence-corrected chi connectivity index (χ0v) is 23.2. The highest BCUT2D eigenvalue weighted by atomic mass is 19.1. The summed E-state index contributed by atoms with van der Waals surface area (Å²) in [6.45, 7) is 1.62. The van der Waals surface area contributed by atoms with Gasteiger partial charge in [-0.15, -0.1) is 0 Å². The summed E-state index contributed by atoms with van der Waals surface area (Å²) in [5.41, 5.74) is 1.66. The highest BCUT2D eigenvalue weighted by molar-refractivity contribution is 6.26. The number of hydrogen-bond donors (Lipinski definition) is 5. The van der Waals surface area contributed by atoms with Gasteiger partial charge in [0.1, 0.15) is 23.5 Å². The zero-order valence-electron chi connectivity index (χ0n) is 23.2. The number of halogens is 2. The van der Waals surface area contributed by atoms with Gasteiger partial charge in [0.2, 0.25) is 11.8 Å². The van der Waals surface area contributed by atoms with Crippen molar-refractivity contribution in [3.05, 3.63) is 34.7 Å². The van der Waals surface area contributed by atoms with Crippen molar-refractivity contribution in [1.82, 2.24) is 9.80 Å². The molecule has 2 aliphatic carbocycles. The SMILES string of the molecule is CC1=CC(=O)c2c(O)c(NC(=O)CN3CCC(F)C3)cc(F)c2CCCC2C(N(C)C)C(=O)C(C(N)=O)C(=N)C12O. The maximum Gasteiger partial charge on any atom is 0.238 e. The number of allylic oxidation sites excluding steroid dienone is 1. The average molecular weight is 576 g/mol. The molecular weight excluding hydrogens is 540 g/mol. The minimum Gasteiger partial charge on any atom is -0.505 e. The number of aromatic hydroxyl groups is 1. The molecule has 4 rings (SSSR count). The number of nitrogens with one attached hydrogen (secondary N) is 2. The number of hydrogen-bond acceptors (Lipinski definition) is 9. The van der Waals surface area contributed by atoms with E-state index in [1.807, 2.05) is 0 Å². The lowest BCUT2D eigenvalue weighted by atomic mass is 9.61. The van der Waals surface area contributed by atoms with E-state index in [1.165, 1.54) is 11.8 Å². The van der Waals surface area contributed by atoms with Gasteiger partial charge in [0.25, 0.3) is 0 Å². The van der Waals surface area contributed by atoms with E-state index < -0.39 is 75.9 Å². The van der Waals surface area contributed by atoms with Crippen LogP contribution in [0, 0.1) is 23.1 Å². The smallest absolute Gasteiger partial charge is 0.238 e. The summed E-state index contributed by atoms with van der Waals surface area (Å²) in [4.78, 5) is 54.7. The number of alkyl halides is 1. The number of rotatable bonds is 5. The molecule has 0 spiro atoms. The number of benzene rings is 1. The summed E-state index contributed by atoms with van der Waals surface area (Å²) in [6, 6.07) is -0.108. The quantitative estimate of drug-likeness (QED) is 0.255. The molecule has 0 bridgehead atoms. The minimum atomic E-state index is -2.21. The fourth-order valence-corrected chi connectivity index (χ4v) is 6.41. The van der Waals surface area contributed by atoms with Crippen molar-refractivity contribution in [2.75, 3.05) is 39.0 Å². The first-order valence-corrected chi connectivity index (χ1v) is 13.4. The van der Waals surface area contributed by atoms with Crippen molar-refractivity contribution in [3.8, 4) is 5.75 Å². The van der Waals surface area contributed by atoms with Crippen molar-refractivity contribution in [1.29, 1.82) is 5.41 Å². The zero-order chi connectivity index (χ0) is 30.4. The van der Waals surface area contributed by atoms with E-state index in [1.54, 1.807) is 19.0 Å². The lowest BCUT2D eigenvalue weighted by molar-refractivity contribution is -0.139. The van der Waals surface area contributed by atoms with Crippen LogP contribution in [0.3, 0.4) is 0 Å². The molecule has 1 saturated carbocycles. The van der Waals surface area contributed by atoms with Gasteiger partial charge in [-0.2, -0.15) is 0 Å². The minimum absolute atomic E-state index is 0.0687. The maximum absolute atomic E-state index is 15.4. The molecule has 2 fully saturated rings. The lowest BCUT2D eigenvalue weighted by Gasteiger charge is -2.49. The number of amides is 2. The fraction of sp³-hybridized carbons (Fsp3) is 0.536. The van der Waals surface area contributed by atoms with Gasteiger partial charge in [0.05, 0.1) is 29.5 Å². The number of carbonyl (C=O) groups excluding carboxylic acids is 4. The van der Waals surface area contributed by atoms with Gasteiger partial charge >= 0.3 is 0 Å². The van der Waals surface area contributed by atoms with Crippen molar-refractivity contribution >= 4 is 34.8 Å². The van der Waals surface area contributed by atoms with Gasteiger partial charge < -0.3 is 26.7 Å². The summed E-state index contributed by atoms with van der Waals surface area (Å²) < 4.78 is 28.9. The summed E-state index contributed by atoms with van der Waals surface area (Å²) in [5.74, 6) is -7.46. The number of phenols is 1. The summed E-state index contributed by atoms with van der Waals surface area (Å²) in [7, 11) is 3.17.